The second-order valence-electron chi connectivity index (χ2n) is 8.60. The van der Waals surface area contributed by atoms with E-state index < -0.39 is 6.04 Å². The van der Waals surface area contributed by atoms with E-state index in [0.717, 1.165) is 22.4 Å². The van der Waals surface area contributed by atoms with Gasteiger partial charge in [-0.1, -0.05) is 50.3 Å². The SMILES string of the molecule is C=CCN1CCN(C(=O)c2cc(C(C)C)[nH]n2)[C@@H](Cc2cccc(-c3cccnc3)c2)C1=O. The van der Waals surface area contributed by atoms with Crippen LogP contribution in [0, 0.1) is 0 Å². The third kappa shape index (κ3) is 4.87. The average molecular weight is 444 g/mol. The van der Waals surface area contributed by atoms with Gasteiger partial charge in [0.25, 0.3) is 5.91 Å². The Kier molecular flexibility index (Phi) is 6.68. The number of nitrogens with zero attached hydrogens (tertiary/aromatic N) is 4. The Labute approximate surface area is 194 Å². The summed E-state index contributed by atoms with van der Waals surface area (Å²) in [5.41, 5.74) is 4.26. The van der Waals surface area contributed by atoms with Crippen molar-refractivity contribution in [2.24, 2.45) is 0 Å². The molecule has 1 aromatic carbocycles. The van der Waals surface area contributed by atoms with E-state index in [0.29, 0.717) is 31.7 Å². The van der Waals surface area contributed by atoms with E-state index in [1.54, 1.807) is 28.1 Å². The molecule has 1 fully saturated rings. The molecule has 1 N–H and O–H groups in total. The molecule has 7 nitrogen and oxygen atoms in total. The molecule has 33 heavy (non-hydrogen) atoms. The molecular weight excluding hydrogens is 414 g/mol. The number of hydrogen-bond donors (Lipinski definition) is 1. The molecule has 0 saturated carbocycles. The van der Waals surface area contributed by atoms with Gasteiger partial charge in [0.15, 0.2) is 0 Å². The molecule has 7 heteroatoms. The number of piperazine rings is 1. The first-order valence-corrected chi connectivity index (χ1v) is 11.2. The van der Waals surface area contributed by atoms with E-state index in [4.69, 9.17) is 0 Å². The monoisotopic (exact) mass is 443 g/mol. The Morgan fingerprint density at radius 3 is 2.73 bits per heavy atom. The topological polar surface area (TPSA) is 82.2 Å². The van der Waals surface area contributed by atoms with Gasteiger partial charge in [-0.2, -0.15) is 5.10 Å². The zero-order valence-electron chi connectivity index (χ0n) is 19.1. The van der Waals surface area contributed by atoms with Gasteiger partial charge in [0.05, 0.1) is 0 Å². The van der Waals surface area contributed by atoms with Gasteiger partial charge in [-0.3, -0.25) is 19.7 Å². The van der Waals surface area contributed by atoms with Crippen molar-refractivity contribution in [3.8, 4) is 11.1 Å². The average Bonchev–Trinajstić information content (AvgIpc) is 3.33. The highest BCUT2D eigenvalue weighted by Crippen LogP contribution is 2.24. The highest BCUT2D eigenvalue weighted by molar-refractivity contribution is 5.97. The molecule has 1 saturated heterocycles. The third-order valence-electron chi connectivity index (χ3n) is 5.98. The first-order valence-electron chi connectivity index (χ1n) is 11.2. The van der Waals surface area contributed by atoms with E-state index in [9.17, 15) is 9.59 Å². The largest absolute Gasteiger partial charge is 0.335 e. The van der Waals surface area contributed by atoms with Crippen molar-refractivity contribution in [1.29, 1.82) is 0 Å². The number of pyridine rings is 1. The molecule has 1 aliphatic heterocycles. The Bertz CT molecular complexity index is 1140. The van der Waals surface area contributed by atoms with Crippen LogP contribution in [0.3, 0.4) is 0 Å². The molecule has 2 aromatic heterocycles. The van der Waals surface area contributed by atoms with Crippen LogP contribution < -0.4 is 0 Å². The lowest BCUT2D eigenvalue weighted by Gasteiger charge is -2.40. The van der Waals surface area contributed by atoms with Gasteiger partial charge in [-0.05, 0) is 34.7 Å². The fourth-order valence-electron chi connectivity index (χ4n) is 4.14. The van der Waals surface area contributed by atoms with Crippen molar-refractivity contribution in [2.75, 3.05) is 19.6 Å². The number of benzene rings is 1. The molecule has 0 radical (unpaired) electrons. The number of amides is 2. The summed E-state index contributed by atoms with van der Waals surface area (Å²) in [7, 11) is 0. The third-order valence-corrected chi connectivity index (χ3v) is 5.98. The second kappa shape index (κ2) is 9.81. The predicted molar refractivity (Wildman–Crippen MR) is 128 cm³/mol. The number of carbonyl (C=O) groups is 2. The number of H-pyrrole nitrogens is 1. The summed E-state index contributed by atoms with van der Waals surface area (Å²) in [6, 6.07) is 13.1. The summed E-state index contributed by atoms with van der Waals surface area (Å²) in [6.45, 7) is 9.24. The molecule has 170 valence electrons. The van der Waals surface area contributed by atoms with E-state index >= 15 is 0 Å². The molecule has 4 rings (SSSR count). The number of hydrogen-bond acceptors (Lipinski definition) is 4. The molecule has 0 unspecified atom stereocenters. The zero-order chi connectivity index (χ0) is 23.4. The number of carbonyl (C=O) groups excluding carboxylic acids is 2. The Balaban J connectivity index is 1.63. The van der Waals surface area contributed by atoms with Crippen LogP contribution in [0.25, 0.3) is 11.1 Å². The normalized spacial score (nSPS) is 16.3. The Morgan fingerprint density at radius 1 is 1.21 bits per heavy atom. The smallest absolute Gasteiger partial charge is 0.275 e. The first kappa shape index (κ1) is 22.5. The van der Waals surface area contributed by atoms with Crippen LogP contribution in [-0.4, -0.2) is 62.5 Å². The van der Waals surface area contributed by atoms with Crippen LogP contribution in [0.1, 0.15) is 41.5 Å². The van der Waals surface area contributed by atoms with Gasteiger partial charge in [-0.25, -0.2) is 0 Å². The van der Waals surface area contributed by atoms with Crippen molar-refractivity contribution in [1.82, 2.24) is 25.0 Å². The molecule has 0 spiro atoms. The van der Waals surface area contributed by atoms with Crippen LogP contribution in [-0.2, 0) is 11.2 Å². The zero-order valence-corrected chi connectivity index (χ0v) is 19.1. The predicted octanol–water partition coefficient (Wildman–Crippen LogP) is 3.68. The van der Waals surface area contributed by atoms with Crippen LogP contribution in [0.4, 0.5) is 0 Å². The maximum atomic E-state index is 13.4. The van der Waals surface area contributed by atoms with Crippen molar-refractivity contribution < 1.29 is 9.59 Å². The van der Waals surface area contributed by atoms with E-state index in [-0.39, 0.29) is 17.7 Å². The Hall–Kier alpha value is -3.74. The minimum absolute atomic E-state index is 0.0686. The van der Waals surface area contributed by atoms with Crippen molar-refractivity contribution in [2.45, 2.75) is 32.2 Å². The lowest BCUT2D eigenvalue weighted by atomic mass is 9.97. The van der Waals surface area contributed by atoms with Crippen molar-refractivity contribution >= 4 is 11.8 Å². The van der Waals surface area contributed by atoms with Gasteiger partial charge in [0.2, 0.25) is 5.91 Å². The summed E-state index contributed by atoms with van der Waals surface area (Å²) >= 11 is 0. The lowest BCUT2D eigenvalue weighted by molar-refractivity contribution is -0.139. The first-order chi connectivity index (χ1) is 16.0. The molecule has 1 aliphatic rings. The molecule has 3 heterocycles. The second-order valence-corrected chi connectivity index (χ2v) is 8.60. The van der Waals surface area contributed by atoms with E-state index in [1.807, 2.05) is 50.4 Å². The summed E-state index contributed by atoms with van der Waals surface area (Å²) in [5.74, 6) is -0.0600. The molecular formula is C26H29N5O2. The maximum absolute atomic E-state index is 13.4. The maximum Gasteiger partial charge on any atom is 0.275 e. The van der Waals surface area contributed by atoms with Gasteiger partial charge < -0.3 is 9.80 Å². The minimum Gasteiger partial charge on any atom is -0.335 e. The molecule has 1 atom stereocenters. The number of aromatic amines is 1. The highest BCUT2D eigenvalue weighted by atomic mass is 16.2. The number of nitrogens with one attached hydrogen (secondary N) is 1. The fraction of sp³-hybridized carbons (Fsp3) is 0.308. The highest BCUT2D eigenvalue weighted by Gasteiger charge is 2.38. The number of rotatable bonds is 7. The quantitative estimate of drug-likeness (QED) is 0.565. The van der Waals surface area contributed by atoms with Crippen LogP contribution in [0.2, 0.25) is 0 Å². The van der Waals surface area contributed by atoms with Crippen molar-refractivity contribution in [3.05, 3.63) is 84.5 Å². The summed E-state index contributed by atoms with van der Waals surface area (Å²) in [5, 5.41) is 7.17. The molecule has 3 aromatic rings. The van der Waals surface area contributed by atoms with E-state index in [1.165, 1.54) is 0 Å². The van der Waals surface area contributed by atoms with Gasteiger partial charge in [-0.15, -0.1) is 6.58 Å². The fourth-order valence-corrected chi connectivity index (χ4v) is 4.14. The lowest BCUT2D eigenvalue weighted by Crippen LogP contribution is -2.59. The van der Waals surface area contributed by atoms with Crippen molar-refractivity contribution in [3.63, 3.8) is 0 Å². The molecule has 2 amide bonds. The van der Waals surface area contributed by atoms with Crippen LogP contribution >= 0.6 is 0 Å². The summed E-state index contributed by atoms with van der Waals surface area (Å²) in [4.78, 5) is 34.4. The molecule has 0 bridgehead atoms. The number of aromatic nitrogens is 3. The molecule has 0 aliphatic carbocycles. The minimum atomic E-state index is -0.602. The van der Waals surface area contributed by atoms with Crippen LogP contribution in [0.15, 0.2) is 67.5 Å². The summed E-state index contributed by atoms with van der Waals surface area (Å²) in [6.07, 6.45) is 5.70. The van der Waals surface area contributed by atoms with Gasteiger partial charge in [0, 0.05) is 44.1 Å². The Morgan fingerprint density at radius 2 is 2.03 bits per heavy atom. The van der Waals surface area contributed by atoms with Crippen LogP contribution in [0.5, 0.6) is 0 Å². The van der Waals surface area contributed by atoms with Gasteiger partial charge in [0.1, 0.15) is 11.7 Å². The van der Waals surface area contributed by atoms with Gasteiger partial charge >= 0.3 is 0 Å². The van der Waals surface area contributed by atoms with E-state index in [2.05, 4.69) is 27.8 Å². The standard InChI is InChI=1S/C26H29N5O2/c1-4-11-30-12-13-31(25(32)23-16-22(18(2)3)28-29-23)24(26(30)33)15-19-7-5-8-20(14-19)21-9-6-10-27-17-21/h4-10,14,16-18,24H,1,11-13,15H2,2-3H3,(H,28,29)/t24-/m0/s1. The summed E-state index contributed by atoms with van der Waals surface area (Å²) < 4.78 is 0.